The number of nitrogens with one attached hydrogen (secondary N) is 1. The maximum Gasteiger partial charge on any atom is 0.237 e. The van der Waals surface area contributed by atoms with Crippen molar-refractivity contribution in [2.75, 3.05) is 11.4 Å². The number of nitrogens with zero attached hydrogens (tertiary/aromatic N) is 1. The first-order valence-corrected chi connectivity index (χ1v) is 7.46. The van der Waals surface area contributed by atoms with E-state index in [1.807, 2.05) is 12.1 Å². The van der Waals surface area contributed by atoms with Crippen molar-refractivity contribution in [3.63, 3.8) is 0 Å². The van der Waals surface area contributed by atoms with Gasteiger partial charge >= 0.3 is 0 Å². The highest BCUT2D eigenvalue weighted by molar-refractivity contribution is 6.22. The van der Waals surface area contributed by atoms with Gasteiger partial charge in [-0.15, -0.1) is 0 Å². The average molecular weight is 270 g/mol. The van der Waals surface area contributed by atoms with E-state index in [9.17, 15) is 9.59 Å². The topological polar surface area (TPSA) is 49.4 Å². The summed E-state index contributed by atoms with van der Waals surface area (Å²) in [4.78, 5) is 26.6. The van der Waals surface area contributed by atoms with E-state index in [0.717, 1.165) is 50.0 Å². The first-order chi connectivity index (χ1) is 9.77. The summed E-state index contributed by atoms with van der Waals surface area (Å²) in [5, 5.41) is 3.34. The Bertz CT molecular complexity index is 574. The van der Waals surface area contributed by atoms with Crippen LogP contribution in [0.5, 0.6) is 0 Å². The van der Waals surface area contributed by atoms with Gasteiger partial charge < -0.3 is 5.32 Å². The standard InChI is InChI=1S/C16H18N2O2/c19-15-11-4-2-5-12(11)16(20)18(15)14-6-1-3-10-7-8-17-9-13(10)14/h1,3,6,11-12,17H,2,4-5,7-9H2. The number of anilines is 1. The van der Waals surface area contributed by atoms with Gasteiger partial charge in [-0.25, -0.2) is 4.90 Å². The molecule has 4 heteroatoms. The molecular formula is C16H18N2O2. The van der Waals surface area contributed by atoms with Gasteiger partial charge in [0.25, 0.3) is 0 Å². The molecule has 1 saturated carbocycles. The van der Waals surface area contributed by atoms with Crippen LogP contribution in [0.1, 0.15) is 30.4 Å². The van der Waals surface area contributed by atoms with Crippen LogP contribution in [0.15, 0.2) is 18.2 Å². The minimum absolute atomic E-state index is 0.0245. The Hall–Kier alpha value is -1.68. The Labute approximate surface area is 118 Å². The number of fused-ring (bicyclic) bond motifs is 2. The summed E-state index contributed by atoms with van der Waals surface area (Å²) < 4.78 is 0. The van der Waals surface area contributed by atoms with Crippen molar-refractivity contribution < 1.29 is 9.59 Å². The normalized spacial score (nSPS) is 28.7. The molecule has 0 bridgehead atoms. The monoisotopic (exact) mass is 270 g/mol. The molecule has 104 valence electrons. The number of amides is 2. The molecule has 2 amide bonds. The highest BCUT2D eigenvalue weighted by Gasteiger charge is 2.50. The number of hydrogen-bond donors (Lipinski definition) is 1. The second kappa shape index (κ2) is 4.42. The zero-order chi connectivity index (χ0) is 13.7. The lowest BCUT2D eigenvalue weighted by molar-refractivity contribution is -0.122. The maximum absolute atomic E-state index is 12.6. The Balaban J connectivity index is 1.78. The van der Waals surface area contributed by atoms with Gasteiger partial charge in [0.05, 0.1) is 17.5 Å². The molecule has 0 aromatic heterocycles. The van der Waals surface area contributed by atoms with Crippen LogP contribution in [0.4, 0.5) is 5.69 Å². The molecule has 20 heavy (non-hydrogen) atoms. The van der Waals surface area contributed by atoms with E-state index in [0.29, 0.717) is 0 Å². The zero-order valence-electron chi connectivity index (χ0n) is 11.4. The van der Waals surface area contributed by atoms with Crippen LogP contribution < -0.4 is 10.2 Å². The average Bonchev–Trinajstić information content (AvgIpc) is 3.04. The number of rotatable bonds is 1. The number of benzene rings is 1. The number of carbonyl (C=O) groups is 2. The van der Waals surface area contributed by atoms with E-state index in [1.54, 1.807) is 0 Å². The Morgan fingerprint density at radius 1 is 1.10 bits per heavy atom. The Kier molecular flexibility index (Phi) is 2.67. The quantitative estimate of drug-likeness (QED) is 0.789. The fourth-order valence-electron chi connectivity index (χ4n) is 3.93. The van der Waals surface area contributed by atoms with Crippen LogP contribution in [0, 0.1) is 11.8 Å². The molecule has 1 N–H and O–H groups in total. The molecule has 0 radical (unpaired) electrons. The maximum atomic E-state index is 12.6. The fraction of sp³-hybridized carbons (Fsp3) is 0.500. The molecule has 3 aliphatic rings. The van der Waals surface area contributed by atoms with Gasteiger partial charge in [0.2, 0.25) is 11.8 Å². The molecule has 2 unspecified atom stereocenters. The predicted octanol–water partition coefficient (Wildman–Crippen LogP) is 1.62. The summed E-state index contributed by atoms with van der Waals surface area (Å²) >= 11 is 0. The van der Waals surface area contributed by atoms with Crippen molar-refractivity contribution in [2.24, 2.45) is 11.8 Å². The van der Waals surface area contributed by atoms with Crippen LogP contribution in [0.25, 0.3) is 0 Å². The second-order valence-corrected chi connectivity index (χ2v) is 6.00. The number of imide groups is 1. The Morgan fingerprint density at radius 3 is 2.60 bits per heavy atom. The summed E-state index contributed by atoms with van der Waals surface area (Å²) in [5.74, 6) is -0.0715. The highest BCUT2D eigenvalue weighted by atomic mass is 16.2. The molecule has 2 atom stereocenters. The first kappa shape index (κ1) is 12.1. The molecule has 2 fully saturated rings. The lowest BCUT2D eigenvalue weighted by atomic mass is 9.98. The van der Waals surface area contributed by atoms with Crippen molar-refractivity contribution in [3.05, 3.63) is 29.3 Å². The lowest BCUT2D eigenvalue weighted by Gasteiger charge is -2.25. The zero-order valence-corrected chi connectivity index (χ0v) is 11.4. The van der Waals surface area contributed by atoms with Crippen molar-refractivity contribution >= 4 is 17.5 Å². The van der Waals surface area contributed by atoms with E-state index < -0.39 is 0 Å². The van der Waals surface area contributed by atoms with Gasteiger partial charge in [-0.05, 0) is 43.0 Å². The third-order valence-electron chi connectivity index (χ3n) is 4.95. The summed E-state index contributed by atoms with van der Waals surface area (Å²) in [7, 11) is 0. The van der Waals surface area contributed by atoms with Crippen molar-refractivity contribution in [1.29, 1.82) is 0 Å². The van der Waals surface area contributed by atoms with E-state index in [1.165, 1.54) is 10.5 Å². The summed E-state index contributed by atoms with van der Waals surface area (Å²) in [6.07, 6.45) is 3.72. The SMILES string of the molecule is O=C1C2CCCC2C(=O)N1c1cccc2c1CNCC2. The highest BCUT2D eigenvalue weighted by Crippen LogP contribution is 2.42. The number of carbonyl (C=O) groups excluding carboxylic acids is 2. The molecule has 1 saturated heterocycles. The molecule has 4 nitrogen and oxygen atoms in total. The molecular weight excluding hydrogens is 252 g/mol. The lowest BCUT2D eigenvalue weighted by Crippen LogP contribution is -2.34. The van der Waals surface area contributed by atoms with E-state index in [4.69, 9.17) is 0 Å². The molecule has 2 aliphatic heterocycles. The van der Waals surface area contributed by atoms with Gasteiger partial charge in [-0.2, -0.15) is 0 Å². The van der Waals surface area contributed by atoms with Crippen LogP contribution >= 0.6 is 0 Å². The number of hydrogen-bond acceptors (Lipinski definition) is 3. The van der Waals surface area contributed by atoms with Crippen LogP contribution in [0.2, 0.25) is 0 Å². The summed E-state index contributed by atoms with van der Waals surface area (Å²) in [6, 6.07) is 5.99. The molecule has 0 spiro atoms. The van der Waals surface area contributed by atoms with E-state index in [-0.39, 0.29) is 23.7 Å². The van der Waals surface area contributed by atoms with Gasteiger partial charge in [-0.1, -0.05) is 18.6 Å². The minimum Gasteiger partial charge on any atom is -0.312 e. The third kappa shape index (κ3) is 1.57. The van der Waals surface area contributed by atoms with Crippen molar-refractivity contribution in [2.45, 2.75) is 32.2 Å². The van der Waals surface area contributed by atoms with Gasteiger partial charge in [-0.3, -0.25) is 9.59 Å². The Morgan fingerprint density at radius 2 is 1.85 bits per heavy atom. The van der Waals surface area contributed by atoms with Gasteiger partial charge in [0, 0.05) is 6.54 Å². The van der Waals surface area contributed by atoms with Crippen LogP contribution in [-0.4, -0.2) is 18.4 Å². The molecule has 2 heterocycles. The van der Waals surface area contributed by atoms with Crippen molar-refractivity contribution in [3.8, 4) is 0 Å². The van der Waals surface area contributed by atoms with Gasteiger partial charge in [0.1, 0.15) is 0 Å². The minimum atomic E-state index is -0.0603. The molecule has 1 aliphatic carbocycles. The first-order valence-electron chi connectivity index (χ1n) is 7.46. The fourth-order valence-corrected chi connectivity index (χ4v) is 3.93. The summed E-state index contributed by atoms with van der Waals surface area (Å²) in [5.41, 5.74) is 3.21. The molecule has 1 aromatic rings. The second-order valence-electron chi connectivity index (χ2n) is 6.00. The predicted molar refractivity (Wildman–Crippen MR) is 75.2 cm³/mol. The van der Waals surface area contributed by atoms with Crippen LogP contribution in [-0.2, 0) is 22.6 Å². The summed E-state index contributed by atoms with van der Waals surface area (Å²) in [6.45, 7) is 1.71. The molecule has 1 aromatic carbocycles. The molecule has 4 rings (SSSR count). The largest absolute Gasteiger partial charge is 0.312 e. The van der Waals surface area contributed by atoms with Gasteiger partial charge in [0.15, 0.2) is 0 Å². The van der Waals surface area contributed by atoms with E-state index >= 15 is 0 Å². The van der Waals surface area contributed by atoms with Crippen LogP contribution in [0.3, 0.4) is 0 Å². The third-order valence-corrected chi connectivity index (χ3v) is 4.95. The smallest absolute Gasteiger partial charge is 0.237 e. The van der Waals surface area contributed by atoms with E-state index in [2.05, 4.69) is 11.4 Å². The van der Waals surface area contributed by atoms with Crippen molar-refractivity contribution in [1.82, 2.24) is 5.32 Å².